The smallest absolute Gasteiger partial charge is 0.0622 e. The Morgan fingerprint density at radius 1 is 1.25 bits per heavy atom. The van der Waals surface area contributed by atoms with E-state index in [0.717, 1.165) is 12.2 Å². The lowest BCUT2D eigenvalue weighted by Gasteiger charge is -2.15. The Morgan fingerprint density at radius 3 is 2.88 bits per heavy atom. The number of rotatable bonds is 4. The molecule has 1 aromatic carbocycles. The Balaban J connectivity index is 2.30. The second kappa shape index (κ2) is 5.05. The molecular formula is C13H16N2O. The molecule has 0 aliphatic carbocycles. The van der Waals surface area contributed by atoms with Gasteiger partial charge in [0.1, 0.15) is 0 Å². The molecule has 3 nitrogen and oxygen atoms in total. The van der Waals surface area contributed by atoms with Gasteiger partial charge in [-0.05, 0) is 18.5 Å². The molecule has 0 radical (unpaired) electrons. The van der Waals surface area contributed by atoms with Gasteiger partial charge in [0.05, 0.1) is 12.3 Å². The highest BCUT2D eigenvalue weighted by Crippen LogP contribution is 2.17. The van der Waals surface area contributed by atoms with E-state index in [4.69, 9.17) is 5.11 Å². The molecule has 16 heavy (non-hydrogen) atoms. The standard InChI is InChI=1S/C13H16N2O/c1-15(8-9-16)10-13-12-5-3-2-4-11(12)6-7-14-13/h2-7,16H,8-10H2,1H3. The number of nitrogens with zero attached hydrogens (tertiary/aromatic N) is 2. The minimum absolute atomic E-state index is 0.182. The van der Waals surface area contributed by atoms with Crippen molar-refractivity contribution in [2.24, 2.45) is 0 Å². The highest BCUT2D eigenvalue weighted by molar-refractivity contribution is 5.84. The highest BCUT2D eigenvalue weighted by atomic mass is 16.3. The number of likely N-dealkylation sites (N-methyl/N-ethyl adjacent to an activating group) is 1. The number of aliphatic hydroxyl groups is 1. The number of hydrogen-bond acceptors (Lipinski definition) is 3. The Bertz CT molecular complexity index is 465. The summed E-state index contributed by atoms with van der Waals surface area (Å²) in [6.45, 7) is 1.62. The molecule has 0 aliphatic heterocycles. The maximum atomic E-state index is 8.87. The van der Waals surface area contributed by atoms with E-state index in [1.54, 1.807) is 0 Å². The molecule has 0 saturated carbocycles. The fraction of sp³-hybridized carbons (Fsp3) is 0.308. The second-order valence-corrected chi connectivity index (χ2v) is 3.94. The van der Waals surface area contributed by atoms with E-state index in [2.05, 4.69) is 22.0 Å². The number of pyridine rings is 1. The monoisotopic (exact) mass is 216 g/mol. The summed E-state index contributed by atoms with van der Waals surface area (Å²) in [4.78, 5) is 6.47. The van der Waals surface area contributed by atoms with Crippen molar-refractivity contribution in [2.75, 3.05) is 20.2 Å². The highest BCUT2D eigenvalue weighted by Gasteiger charge is 2.04. The molecule has 0 bridgehead atoms. The fourth-order valence-corrected chi connectivity index (χ4v) is 1.81. The predicted octanol–water partition coefficient (Wildman–Crippen LogP) is 1.66. The summed E-state index contributed by atoms with van der Waals surface area (Å²) < 4.78 is 0. The van der Waals surface area contributed by atoms with Crippen molar-refractivity contribution in [3.63, 3.8) is 0 Å². The van der Waals surface area contributed by atoms with Crippen molar-refractivity contribution in [1.29, 1.82) is 0 Å². The van der Waals surface area contributed by atoms with E-state index in [1.165, 1.54) is 10.8 Å². The first-order valence-corrected chi connectivity index (χ1v) is 5.43. The van der Waals surface area contributed by atoms with Gasteiger partial charge in [-0.15, -0.1) is 0 Å². The molecule has 1 aromatic heterocycles. The van der Waals surface area contributed by atoms with Crippen LogP contribution in [-0.4, -0.2) is 35.2 Å². The molecular weight excluding hydrogens is 200 g/mol. The summed E-state index contributed by atoms with van der Waals surface area (Å²) in [6, 6.07) is 10.3. The zero-order valence-electron chi connectivity index (χ0n) is 9.43. The maximum Gasteiger partial charge on any atom is 0.0622 e. The predicted molar refractivity (Wildman–Crippen MR) is 65.2 cm³/mol. The van der Waals surface area contributed by atoms with Gasteiger partial charge in [0.2, 0.25) is 0 Å². The van der Waals surface area contributed by atoms with Gasteiger partial charge in [0.15, 0.2) is 0 Å². The van der Waals surface area contributed by atoms with E-state index >= 15 is 0 Å². The van der Waals surface area contributed by atoms with Crippen LogP contribution in [0.5, 0.6) is 0 Å². The van der Waals surface area contributed by atoms with E-state index < -0.39 is 0 Å². The lowest BCUT2D eigenvalue weighted by Crippen LogP contribution is -2.22. The van der Waals surface area contributed by atoms with Gasteiger partial charge in [0.25, 0.3) is 0 Å². The number of aromatic nitrogens is 1. The van der Waals surface area contributed by atoms with Crippen LogP contribution in [0.1, 0.15) is 5.69 Å². The van der Waals surface area contributed by atoms with Gasteiger partial charge in [-0.1, -0.05) is 24.3 Å². The number of fused-ring (bicyclic) bond motifs is 1. The molecule has 0 atom stereocenters. The lowest BCUT2D eigenvalue weighted by atomic mass is 10.1. The van der Waals surface area contributed by atoms with Crippen LogP contribution in [0.15, 0.2) is 36.5 Å². The number of benzene rings is 1. The zero-order valence-corrected chi connectivity index (χ0v) is 9.43. The zero-order chi connectivity index (χ0) is 11.4. The largest absolute Gasteiger partial charge is 0.395 e. The quantitative estimate of drug-likeness (QED) is 0.844. The average Bonchev–Trinajstić information content (AvgIpc) is 2.30. The molecule has 1 heterocycles. The van der Waals surface area contributed by atoms with Gasteiger partial charge >= 0.3 is 0 Å². The summed E-state index contributed by atoms with van der Waals surface area (Å²) in [5, 5.41) is 11.3. The van der Waals surface area contributed by atoms with Crippen LogP contribution in [0, 0.1) is 0 Å². The summed E-state index contributed by atoms with van der Waals surface area (Å²) >= 11 is 0. The van der Waals surface area contributed by atoms with Crippen molar-refractivity contribution in [2.45, 2.75) is 6.54 Å². The SMILES string of the molecule is CN(CCO)Cc1nccc2ccccc12. The minimum Gasteiger partial charge on any atom is -0.395 e. The third kappa shape index (κ3) is 2.38. The molecule has 2 aromatic rings. The van der Waals surface area contributed by atoms with Crippen LogP contribution in [0.25, 0.3) is 10.8 Å². The first-order chi connectivity index (χ1) is 7.81. The molecule has 2 rings (SSSR count). The Hall–Kier alpha value is -1.45. The number of aliphatic hydroxyl groups excluding tert-OH is 1. The van der Waals surface area contributed by atoms with Crippen LogP contribution in [0.3, 0.4) is 0 Å². The molecule has 1 N–H and O–H groups in total. The molecule has 0 spiro atoms. The van der Waals surface area contributed by atoms with Gasteiger partial charge in [0, 0.05) is 24.7 Å². The first-order valence-electron chi connectivity index (χ1n) is 5.43. The molecule has 0 saturated heterocycles. The molecule has 3 heteroatoms. The van der Waals surface area contributed by atoms with Gasteiger partial charge in [-0.2, -0.15) is 0 Å². The molecule has 0 amide bonds. The second-order valence-electron chi connectivity index (χ2n) is 3.94. The summed E-state index contributed by atoms with van der Waals surface area (Å²) in [5.41, 5.74) is 1.06. The van der Waals surface area contributed by atoms with Gasteiger partial charge < -0.3 is 5.11 Å². The Kier molecular flexibility index (Phi) is 3.49. The molecule has 0 fully saturated rings. The van der Waals surface area contributed by atoms with Gasteiger partial charge in [-0.3, -0.25) is 9.88 Å². The minimum atomic E-state index is 0.182. The Morgan fingerprint density at radius 2 is 2.06 bits per heavy atom. The molecule has 0 unspecified atom stereocenters. The third-order valence-corrected chi connectivity index (χ3v) is 2.66. The summed E-state index contributed by atoms with van der Waals surface area (Å²) in [5.74, 6) is 0. The van der Waals surface area contributed by atoms with Crippen molar-refractivity contribution in [3.05, 3.63) is 42.2 Å². The summed E-state index contributed by atoms with van der Waals surface area (Å²) in [6.07, 6.45) is 1.84. The lowest BCUT2D eigenvalue weighted by molar-refractivity contribution is 0.216. The van der Waals surface area contributed by atoms with Gasteiger partial charge in [-0.25, -0.2) is 0 Å². The van der Waals surface area contributed by atoms with Crippen LogP contribution in [0.4, 0.5) is 0 Å². The van der Waals surface area contributed by atoms with E-state index in [1.807, 2.05) is 31.4 Å². The van der Waals surface area contributed by atoms with Crippen molar-refractivity contribution in [1.82, 2.24) is 9.88 Å². The van der Waals surface area contributed by atoms with Crippen molar-refractivity contribution < 1.29 is 5.11 Å². The average molecular weight is 216 g/mol. The van der Waals surface area contributed by atoms with Crippen LogP contribution >= 0.6 is 0 Å². The van der Waals surface area contributed by atoms with Crippen LogP contribution in [0.2, 0.25) is 0 Å². The number of hydrogen-bond donors (Lipinski definition) is 1. The van der Waals surface area contributed by atoms with Crippen molar-refractivity contribution >= 4 is 10.8 Å². The Labute approximate surface area is 95.3 Å². The normalized spacial score (nSPS) is 11.2. The first kappa shape index (κ1) is 11.0. The topological polar surface area (TPSA) is 36.4 Å². The fourth-order valence-electron chi connectivity index (χ4n) is 1.81. The van der Waals surface area contributed by atoms with Crippen molar-refractivity contribution in [3.8, 4) is 0 Å². The van der Waals surface area contributed by atoms with E-state index in [-0.39, 0.29) is 6.61 Å². The third-order valence-electron chi connectivity index (χ3n) is 2.66. The summed E-state index contributed by atoms with van der Waals surface area (Å²) in [7, 11) is 1.99. The van der Waals surface area contributed by atoms with Crippen LogP contribution in [-0.2, 0) is 6.54 Å². The van der Waals surface area contributed by atoms with E-state index in [0.29, 0.717) is 6.54 Å². The molecule has 84 valence electrons. The van der Waals surface area contributed by atoms with E-state index in [9.17, 15) is 0 Å². The van der Waals surface area contributed by atoms with Crippen LogP contribution < -0.4 is 0 Å². The maximum absolute atomic E-state index is 8.87. The molecule has 0 aliphatic rings.